The number of para-hydroxylation sites is 3. The zero-order valence-electron chi connectivity index (χ0n) is 13.6. The van der Waals surface area contributed by atoms with Gasteiger partial charge < -0.3 is 14.8 Å². The molecule has 2 heterocycles. The first-order valence-electron chi connectivity index (χ1n) is 8.17. The summed E-state index contributed by atoms with van der Waals surface area (Å²) in [6.07, 6.45) is 0.729. The molecule has 124 valence electrons. The molecule has 2 aromatic rings. The molecule has 1 fully saturated rings. The normalized spacial score (nSPS) is 22.8. The van der Waals surface area contributed by atoms with Crippen LogP contribution in [0.2, 0.25) is 0 Å². The Kier molecular flexibility index (Phi) is 3.86. The van der Waals surface area contributed by atoms with E-state index in [2.05, 4.69) is 10.2 Å². The van der Waals surface area contributed by atoms with Crippen molar-refractivity contribution in [1.29, 1.82) is 0 Å². The second-order valence-electron chi connectivity index (χ2n) is 6.22. The number of likely N-dealkylation sites (tertiary alicyclic amines) is 1. The fourth-order valence-corrected chi connectivity index (χ4v) is 3.52. The summed E-state index contributed by atoms with van der Waals surface area (Å²) in [4.78, 5) is 14.9. The van der Waals surface area contributed by atoms with Gasteiger partial charge in [-0.25, -0.2) is 0 Å². The Bertz CT molecular complexity index is 762. The summed E-state index contributed by atoms with van der Waals surface area (Å²) in [5.41, 5.74) is 1.83. The summed E-state index contributed by atoms with van der Waals surface area (Å²) in [5, 5.41) is 3.00. The van der Waals surface area contributed by atoms with Gasteiger partial charge in [0.15, 0.2) is 0 Å². The van der Waals surface area contributed by atoms with E-state index in [1.54, 1.807) is 7.11 Å². The van der Waals surface area contributed by atoms with Gasteiger partial charge in [0.25, 0.3) is 0 Å². The van der Waals surface area contributed by atoms with Crippen molar-refractivity contribution in [2.24, 2.45) is 0 Å². The van der Waals surface area contributed by atoms with Gasteiger partial charge in [-0.2, -0.15) is 0 Å². The van der Waals surface area contributed by atoms with Crippen molar-refractivity contribution >= 4 is 11.6 Å². The lowest BCUT2D eigenvalue weighted by Crippen LogP contribution is -2.39. The lowest BCUT2D eigenvalue weighted by atomic mass is 10.1. The minimum Gasteiger partial charge on any atom is -0.496 e. The lowest BCUT2D eigenvalue weighted by Gasteiger charge is -2.24. The van der Waals surface area contributed by atoms with E-state index in [-0.39, 0.29) is 18.1 Å². The van der Waals surface area contributed by atoms with Crippen LogP contribution in [-0.2, 0) is 11.3 Å². The summed E-state index contributed by atoms with van der Waals surface area (Å²) < 4.78 is 11.5. The summed E-state index contributed by atoms with van der Waals surface area (Å²) >= 11 is 0. The Morgan fingerprint density at radius 3 is 2.88 bits per heavy atom. The van der Waals surface area contributed by atoms with E-state index in [4.69, 9.17) is 9.47 Å². The van der Waals surface area contributed by atoms with Crippen LogP contribution in [0.4, 0.5) is 5.69 Å². The van der Waals surface area contributed by atoms with Gasteiger partial charge in [-0.05, 0) is 18.2 Å². The Morgan fingerprint density at radius 1 is 1.21 bits per heavy atom. The summed E-state index contributed by atoms with van der Waals surface area (Å²) in [5.74, 6) is 1.62. The maximum atomic E-state index is 12.7. The van der Waals surface area contributed by atoms with Crippen LogP contribution in [-0.4, -0.2) is 36.6 Å². The van der Waals surface area contributed by atoms with E-state index in [1.165, 1.54) is 0 Å². The first-order valence-corrected chi connectivity index (χ1v) is 8.17. The fourth-order valence-electron chi connectivity index (χ4n) is 3.52. The summed E-state index contributed by atoms with van der Waals surface area (Å²) in [6, 6.07) is 15.3. The second kappa shape index (κ2) is 6.17. The van der Waals surface area contributed by atoms with Crippen LogP contribution in [0, 0.1) is 0 Å². The number of nitrogens with one attached hydrogen (secondary N) is 1. The molecule has 2 aromatic carbocycles. The highest BCUT2D eigenvalue weighted by atomic mass is 16.5. The molecule has 2 aliphatic rings. The molecule has 5 heteroatoms. The molecule has 24 heavy (non-hydrogen) atoms. The van der Waals surface area contributed by atoms with Crippen LogP contribution in [0.1, 0.15) is 12.0 Å². The van der Waals surface area contributed by atoms with E-state index in [1.807, 2.05) is 48.5 Å². The zero-order valence-corrected chi connectivity index (χ0v) is 13.6. The Balaban J connectivity index is 1.59. The maximum Gasteiger partial charge on any atom is 0.241 e. The number of methoxy groups -OCH3 is 1. The van der Waals surface area contributed by atoms with Crippen molar-refractivity contribution in [2.75, 3.05) is 19.0 Å². The van der Waals surface area contributed by atoms with E-state index in [0.29, 0.717) is 13.0 Å². The molecule has 0 spiro atoms. The molecular weight excluding hydrogens is 304 g/mol. The molecule has 0 radical (unpaired) electrons. The van der Waals surface area contributed by atoms with E-state index >= 15 is 0 Å². The number of carbonyl (C=O) groups excluding carboxylic acids is 1. The van der Waals surface area contributed by atoms with Crippen molar-refractivity contribution in [2.45, 2.75) is 25.1 Å². The molecule has 2 atom stereocenters. The molecule has 1 saturated heterocycles. The number of amides is 1. The third kappa shape index (κ3) is 2.71. The standard InChI is InChI=1S/C19H20N2O3/c1-23-17-8-4-2-6-13(17)11-21-12-14-10-16(21)19(22)20-15-7-3-5-9-18(15)24-14/h2-9,14,16H,10-12H2,1H3,(H,20,22)/t14-,16-/m0/s1. The molecule has 2 bridgehead atoms. The molecule has 0 saturated carbocycles. The van der Waals surface area contributed by atoms with E-state index in [9.17, 15) is 4.79 Å². The van der Waals surface area contributed by atoms with Gasteiger partial charge in [0.2, 0.25) is 5.91 Å². The van der Waals surface area contributed by atoms with Gasteiger partial charge in [0.05, 0.1) is 18.8 Å². The number of rotatable bonds is 3. The Morgan fingerprint density at radius 2 is 2.00 bits per heavy atom. The number of fused-ring (bicyclic) bond motifs is 3. The van der Waals surface area contributed by atoms with Gasteiger partial charge in [-0.15, -0.1) is 0 Å². The molecule has 1 N–H and O–H groups in total. The predicted octanol–water partition coefficient (Wildman–Crippen LogP) is 2.67. The van der Waals surface area contributed by atoms with Crippen molar-refractivity contribution in [1.82, 2.24) is 4.90 Å². The van der Waals surface area contributed by atoms with Crippen molar-refractivity contribution in [3.05, 3.63) is 54.1 Å². The van der Waals surface area contributed by atoms with Crippen LogP contribution in [0.5, 0.6) is 11.5 Å². The number of benzene rings is 2. The molecule has 0 aromatic heterocycles. The molecule has 4 rings (SSSR count). The maximum absolute atomic E-state index is 12.7. The number of nitrogens with zero attached hydrogens (tertiary/aromatic N) is 1. The summed E-state index contributed by atoms with van der Waals surface area (Å²) in [7, 11) is 1.67. The number of hydrogen-bond acceptors (Lipinski definition) is 4. The first kappa shape index (κ1) is 15.0. The number of carbonyl (C=O) groups is 1. The highest BCUT2D eigenvalue weighted by Gasteiger charge is 2.40. The van der Waals surface area contributed by atoms with E-state index in [0.717, 1.165) is 29.3 Å². The molecule has 1 amide bonds. The van der Waals surface area contributed by atoms with Crippen LogP contribution in [0.3, 0.4) is 0 Å². The van der Waals surface area contributed by atoms with Gasteiger partial charge in [-0.1, -0.05) is 30.3 Å². The van der Waals surface area contributed by atoms with Crippen LogP contribution in [0.25, 0.3) is 0 Å². The van der Waals surface area contributed by atoms with E-state index < -0.39 is 0 Å². The fraction of sp³-hybridized carbons (Fsp3) is 0.316. The number of ether oxygens (including phenoxy) is 2. The average molecular weight is 324 g/mol. The molecule has 0 aliphatic carbocycles. The third-order valence-electron chi connectivity index (χ3n) is 4.67. The smallest absolute Gasteiger partial charge is 0.241 e. The monoisotopic (exact) mass is 324 g/mol. The lowest BCUT2D eigenvalue weighted by molar-refractivity contribution is -0.120. The SMILES string of the molecule is COc1ccccc1CN1C[C@@H]2C[C@H]1C(=O)Nc1ccccc1O2. The quantitative estimate of drug-likeness (QED) is 0.943. The van der Waals surface area contributed by atoms with Crippen LogP contribution in [0.15, 0.2) is 48.5 Å². The second-order valence-corrected chi connectivity index (χ2v) is 6.22. The minimum atomic E-state index is -0.187. The van der Waals surface area contributed by atoms with Crippen molar-refractivity contribution in [3.63, 3.8) is 0 Å². The Hall–Kier alpha value is -2.53. The highest BCUT2D eigenvalue weighted by Crippen LogP contribution is 2.33. The summed E-state index contributed by atoms with van der Waals surface area (Å²) in [6.45, 7) is 1.39. The predicted molar refractivity (Wildman–Crippen MR) is 91.3 cm³/mol. The number of hydrogen-bond donors (Lipinski definition) is 1. The van der Waals surface area contributed by atoms with Gasteiger partial charge in [-0.3, -0.25) is 9.69 Å². The highest BCUT2D eigenvalue weighted by molar-refractivity contribution is 5.96. The van der Waals surface area contributed by atoms with Gasteiger partial charge in [0, 0.05) is 25.1 Å². The molecule has 2 aliphatic heterocycles. The Labute approximate surface area is 141 Å². The largest absolute Gasteiger partial charge is 0.496 e. The van der Waals surface area contributed by atoms with Gasteiger partial charge >= 0.3 is 0 Å². The van der Waals surface area contributed by atoms with Gasteiger partial charge in [0.1, 0.15) is 17.6 Å². The molecular formula is C19H20N2O3. The average Bonchev–Trinajstić information content (AvgIpc) is 3.00. The molecule has 5 nitrogen and oxygen atoms in total. The molecule has 0 unspecified atom stereocenters. The third-order valence-corrected chi connectivity index (χ3v) is 4.67. The first-order chi connectivity index (χ1) is 11.7. The number of anilines is 1. The van der Waals surface area contributed by atoms with Crippen molar-refractivity contribution in [3.8, 4) is 11.5 Å². The van der Waals surface area contributed by atoms with Crippen LogP contribution < -0.4 is 14.8 Å². The van der Waals surface area contributed by atoms with Crippen LogP contribution >= 0.6 is 0 Å². The minimum absolute atomic E-state index is 0.0249. The topological polar surface area (TPSA) is 50.8 Å². The van der Waals surface area contributed by atoms with Crippen molar-refractivity contribution < 1.29 is 14.3 Å². The zero-order chi connectivity index (χ0) is 16.5.